The van der Waals surface area contributed by atoms with Gasteiger partial charge in [-0.1, -0.05) is 30.3 Å². The van der Waals surface area contributed by atoms with Crippen LogP contribution in [0.25, 0.3) is 0 Å². The fourth-order valence-electron chi connectivity index (χ4n) is 5.67. The Morgan fingerprint density at radius 3 is 2.52 bits per heavy atom. The van der Waals surface area contributed by atoms with E-state index in [9.17, 15) is 0 Å². The highest BCUT2D eigenvalue weighted by Gasteiger charge is 2.38. The quantitative estimate of drug-likeness (QED) is 0.700. The van der Waals surface area contributed by atoms with Gasteiger partial charge in [0.05, 0.1) is 18.7 Å². The zero-order valence-corrected chi connectivity index (χ0v) is 17.3. The van der Waals surface area contributed by atoms with E-state index in [2.05, 4.69) is 45.9 Å². The molecule has 7 heteroatoms. The minimum Gasteiger partial charge on any atom is -0.376 e. The molecule has 7 nitrogen and oxygen atoms in total. The highest BCUT2D eigenvalue weighted by molar-refractivity contribution is 5.22. The summed E-state index contributed by atoms with van der Waals surface area (Å²) in [5, 5.41) is 13.0. The van der Waals surface area contributed by atoms with Crippen molar-refractivity contribution in [3.8, 4) is 0 Å². The number of ether oxygens (including phenoxy) is 1. The summed E-state index contributed by atoms with van der Waals surface area (Å²) in [6.45, 7) is 6.50. The van der Waals surface area contributed by atoms with Crippen LogP contribution in [-0.4, -0.2) is 65.1 Å². The van der Waals surface area contributed by atoms with Crippen LogP contribution in [0, 0.1) is 0 Å². The van der Waals surface area contributed by atoms with Gasteiger partial charge in [0.25, 0.3) is 0 Å². The van der Waals surface area contributed by atoms with Crippen LogP contribution < -0.4 is 9.80 Å². The van der Waals surface area contributed by atoms with Crippen LogP contribution in [0.15, 0.2) is 30.3 Å². The zero-order chi connectivity index (χ0) is 19.5. The molecule has 3 heterocycles. The third-order valence-corrected chi connectivity index (χ3v) is 7.23. The monoisotopic (exact) mass is 398 g/mol. The number of nitrogens with one attached hydrogen (secondary N) is 2. The number of tetrazole rings is 1. The maximum absolute atomic E-state index is 5.86. The van der Waals surface area contributed by atoms with Gasteiger partial charge in [-0.25, -0.2) is 4.68 Å². The second kappa shape index (κ2) is 8.90. The van der Waals surface area contributed by atoms with E-state index in [4.69, 9.17) is 4.74 Å². The smallest absolute Gasteiger partial charge is 0.214 e. The lowest BCUT2D eigenvalue weighted by atomic mass is 10.0. The standard InChI is InChI=1S/C22H32N6O/c1-2-7-18(8-3-1)21(22-23-24-25-28(22)17-20-11-6-16-29-20)27-14-12-26(13-15-27)19-9-4-5-10-19/h1-3,7-8,19-21H,4-6,9-17H2/p+2/t20-,21-/m1/s1. The van der Waals surface area contributed by atoms with Crippen LogP contribution in [0.2, 0.25) is 0 Å². The molecule has 2 aliphatic heterocycles. The van der Waals surface area contributed by atoms with Crippen molar-refractivity contribution in [1.82, 2.24) is 20.2 Å². The number of quaternary nitrogens is 2. The fraction of sp³-hybridized carbons (Fsp3) is 0.682. The van der Waals surface area contributed by atoms with Gasteiger partial charge in [-0.2, -0.15) is 0 Å². The molecule has 156 valence electrons. The van der Waals surface area contributed by atoms with E-state index in [-0.39, 0.29) is 12.1 Å². The second-order valence-corrected chi connectivity index (χ2v) is 9.00. The topological polar surface area (TPSA) is 61.7 Å². The van der Waals surface area contributed by atoms with E-state index in [1.165, 1.54) is 57.4 Å². The number of aromatic nitrogens is 4. The maximum atomic E-state index is 5.86. The Bertz CT molecular complexity index is 761. The van der Waals surface area contributed by atoms with E-state index >= 15 is 0 Å². The minimum absolute atomic E-state index is 0.192. The first-order valence-electron chi connectivity index (χ1n) is 11.5. The molecule has 0 spiro atoms. The molecule has 1 aromatic carbocycles. The van der Waals surface area contributed by atoms with Crippen LogP contribution >= 0.6 is 0 Å². The summed E-state index contributed by atoms with van der Waals surface area (Å²) < 4.78 is 7.87. The molecule has 3 fully saturated rings. The summed E-state index contributed by atoms with van der Waals surface area (Å²) in [6.07, 6.45) is 8.18. The molecule has 0 amide bonds. The molecule has 5 rings (SSSR count). The predicted molar refractivity (Wildman–Crippen MR) is 109 cm³/mol. The van der Waals surface area contributed by atoms with Crippen molar-refractivity contribution >= 4 is 0 Å². The molecule has 2 aromatic rings. The minimum atomic E-state index is 0.192. The van der Waals surface area contributed by atoms with Gasteiger partial charge in [0.15, 0.2) is 6.04 Å². The third-order valence-electron chi connectivity index (χ3n) is 7.23. The van der Waals surface area contributed by atoms with Crippen LogP contribution in [0.3, 0.4) is 0 Å². The molecule has 29 heavy (non-hydrogen) atoms. The summed E-state index contributed by atoms with van der Waals surface area (Å²) in [6, 6.07) is 11.9. The van der Waals surface area contributed by atoms with Crippen LogP contribution in [0.1, 0.15) is 56.0 Å². The van der Waals surface area contributed by atoms with Gasteiger partial charge in [-0.15, -0.1) is 5.10 Å². The van der Waals surface area contributed by atoms with Crippen molar-refractivity contribution in [2.45, 2.75) is 63.3 Å². The number of piperazine rings is 1. The Morgan fingerprint density at radius 1 is 1.00 bits per heavy atom. The normalized spacial score (nSPS) is 29.3. The molecule has 0 unspecified atom stereocenters. The summed E-state index contributed by atoms with van der Waals surface area (Å²) >= 11 is 0. The van der Waals surface area contributed by atoms with Gasteiger partial charge >= 0.3 is 0 Å². The molecular weight excluding hydrogens is 364 g/mol. The van der Waals surface area contributed by atoms with Crippen molar-refractivity contribution in [2.24, 2.45) is 0 Å². The van der Waals surface area contributed by atoms with E-state index in [1.54, 1.807) is 4.90 Å². The number of hydrogen-bond acceptors (Lipinski definition) is 4. The van der Waals surface area contributed by atoms with Crippen molar-refractivity contribution < 1.29 is 14.5 Å². The molecule has 1 saturated carbocycles. The highest BCUT2D eigenvalue weighted by atomic mass is 16.5. The molecule has 0 bridgehead atoms. The van der Waals surface area contributed by atoms with Gasteiger partial charge in [0, 0.05) is 12.2 Å². The Morgan fingerprint density at radius 2 is 1.79 bits per heavy atom. The van der Waals surface area contributed by atoms with E-state index in [0.29, 0.717) is 0 Å². The van der Waals surface area contributed by atoms with Crippen molar-refractivity contribution in [3.05, 3.63) is 41.7 Å². The summed E-state index contributed by atoms with van der Waals surface area (Å²) in [7, 11) is 0. The largest absolute Gasteiger partial charge is 0.376 e. The highest BCUT2D eigenvalue weighted by Crippen LogP contribution is 2.20. The van der Waals surface area contributed by atoms with Crippen LogP contribution in [0.4, 0.5) is 0 Å². The van der Waals surface area contributed by atoms with Gasteiger partial charge in [0.2, 0.25) is 5.82 Å². The summed E-state index contributed by atoms with van der Waals surface area (Å²) in [5.74, 6) is 0.992. The molecular formula is C22H34N6O+2. The number of nitrogens with zero attached hydrogens (tertiary/aromatic N) is 4. The number of benzene rings is 1. The van der Waals surface area contributed by atoms with E-state index in [1.807, 2.05) is 9.58 Å². The Kier molecular flexibility index (Phi) is 5.88. The predicted octanol–water partition coefficient (Wildman–Crippen LogP) is -0.332. The molecule has 1 aromatic heterocycles. The summed E-state index contributed by atoms with van der Waals surface area (Å²) in [5.41, 5.74) is 1.32. The average molecular weight is 399 g/mol. The lowest BCUT2D eigenvalue weighted by Crippen LogP contribution is -3.29. The maximum Gasteiger partial charge on any atom is 0.214 e. The Hall–Kier alpha value is -1.83. The lowest BCUT2D eigenvalue weighted by Gasteiger charge is -2.36. The van der Waals surface area contributed by atoms with Crippen molar-refractivity contribution in [1.29, 1.82) is 0 Å². The van der Waals surface area contributed by atoms with Crippen LogP contribution in [-0.2, 0) is 11.3 Å². The number of hydrogen-bond donors (Lipinski definition) is 2. The van der Waals surface area contributed by atoms with E-state index in [0.717, 1.165) is 37.9 Å². The molecule has 1 aliphatic carbocycles. The van der Waals surface area contributed by atoms with Crippen LogP contribution in [0.5, 0.6) is 0 Å². The van der Waals surface area contributed by atoms with Gasteiger partial charge in [-0.05, 0) is 49.0 Å². The first-order valence-corrected chi connectivity index (χ1v) is 11.5. The van der Waals surface area contributed by atoms with Crippen molar-refractivity contribution in [2.75, 3.05) is 32.8 Å². The molecule has 3 aliphatic rings. The first-order chi connectivity index (χ1) is 14.4. The van der Waals surface area contributed by atoms with Gasteiger partial charge in [0.1, 0.15) is 26.2 Å². The third kappa shape index (κ3) is 4.22. The molecule has 0 radical (unpaired) electrons. The fourth-order valence-corrected chi connectivity index (χ4v) is 5.67. The van der Waals surface area contributed by atoms with Crippen molar-refractivity contribution in [3.63, 3.8) is 0 Å². The Balaban J connectivity index is 1.36. The Labute approximate surface area is 173 Å². The average Bonchev–Trinajstić information content (AvgIpc) is 3.54. The molecule has 2 atom stereocenters. The SMILES string of the molecule is c1ccc([C@H](c2nnnn2C[C@H]2CCCO2)[NH+]2CC[NH+](C3CCCC3)CC2)cc1. The van der Waals surface area contributed by atoms with Gasteiger partial charge < -0.3 is 14.5 Å². The van der Waals surface area contributed by atoms with Gasteiger partial charge in [-0.3, -0.25) is 0 Å². The first kappa shape index (κ1) is 19.2. The summed E-state index contributed by atoms with van der Waals surface area (Å²) in [4.78, 5) is 3.43. The molecule has 2 N–H and O–H groups in total. The zero-order valence-electron chi connectivity index (χ0n) is 17.3. The number of rotatable bonds is 6. The molecule has 2 saturated heterocycles. The van der Waals surface area contributed by atoms with E-state index < -0.39 is 0 Å². The second-order valence-electron chi connectivity index (χ2n) is 9.00. The lowest BCUT2D eigenvalue weighted by molar-refractivity contribution is -1.03.